The topological polar surface area (TPSA) is 26.7 Å². The Morgan fingerprint density at radius 3 is 2.30 bits per heavy atom. The fraction of sp³-hybridized carbons (Fsp3) is 0.625. The number of hydrogen-bond donors (Lipinski definition) is 1. The molecule has 1 saturated heterocycles. The molecular formula is C16H25BrN2O. The summed E-state index contributed by atoms with van der Waals surface area (Å²) in [5.41, 5.74) is 0.997. The molecule has 3 nitrogen and oxygen atoms in total. The molecule has 0 aliphatic carbocycles. The van der Waals surface area contributed by atoms with Crippen molar-refractivity contribution in [3.63, 3.8) is 0 Å². The number of halogens is 1. The summed E-state index contributed by atoms with van der Waals surface area (Å²) in [6.07, 6.45) is 1.66. The van der Waals surface area contributed by atoms with Crippen molar-refractivity contribution < 1.29 is 5.11 Å². The maximum Gasteiger partial charge on any atom is 0.0813 e. The molecule has 1 aromatic carbocycles. The van der Waals surface area contributed by atoms with E-state index in [-0.39, 0.29) is 6.10 Å². The Hall–Kier alpha value is -0.420. The Balaban J connectivity index is 1.75. The smallest absolute Gasteiger partial charge is 0.0813 e. The summed E-state index contributed by atoms with van der Waals surface area (Å²) in [7, 11) is 0. The molecule has 0 radical (unpaired) electrons. The molecule has 1 aliphatic heterocycles. The Kier molecular flexibility index (Phi) is 6.49. The second kappa shape index (κ2) is 8.13. The monoisotopic (exact) mass is 340 g/mol. The van der Waals surface area contributed by atoms with Crippen LogP contribution in [0.5, 0.6) is 0 Å². The highest BCUT2D eigenvalue weighted by Crippen LogP contribution is 2.25. The minimum absolute atomic E-state index is 0.376. The average Bonchev–Trinajstić information content (AvgIpc) is 2.47. The van der Waals surface area contributed by atoms with E-state index < -0.39 is 0 Å². The highest BCUT2D eigenvalue weighted by molar-refractivity contribution is 9.10. The predicted octanol–water partition coefficient (Wildman–Crippen LogP) is 2.90. The number of benzene rings is 1. The van der Waals surface area contributed by atoms with Gasteiger partial charge in [-0.1, -0.05) is 41.1 Å². The van der Waals surface area contributed by atoms with Crippen molar-refractivity contribution in [3.8, 4) is 0 Å². The van der Waals surface area contributed by atoms with Gasteiger partial charge in [-0.25, -0.2) is 0 Å². The molecule has 0 amide bonds. The van der Waals surface area contributed by atoms with E-state index in [1.807, 2.05) is 24.3 Å². The first kappa shape index (κ1) is 16.0. The first-order chi connectivity index (χ1) is 9.70. The zero-order valence-corrected chi connectivity index (χ0v) is 13.8. The summed E-state index contributed by atoms with van der Waals surface area (Å²) >= 11 is 3.51. The van der Waals surface area contributed by atoms with Gasteiger partial charge in [0.25, 0.3) is 0 Å². The minimum Gasteiger partial charge on any atom is -0.388 e. The largest absolute Gasteiger partial charge is 0.388 e. The van der Waals surface area contributed by atoms with Gasteiger partial charge >= 0.3 is 0 Å². The number of aliphatic hydroxyl groups is 1. The van der Waals surface area contributed by atoms with Crippen LogP contribution < -0.4 is 0 Å². The van der Waals surface area contributed by atoms with Gasteiger partial charge in [0, 0.05) is 37.2 Å². The molecule has 0 saturated carbocycles. The maximum atomic E-state index is 10.3. The molecule has 1 atom stereocenters. The van der Waals surface area contributed by atoms with Crippen LogP contribution in [0.25, 0.3) is 0 Å². The zero-order valence-electron chi connectivity index (χ0n) is 12.3. The number of piperazine rings is 1. The van der Waals surface area contributed by atoms with Gasteiger partial charge in [-0.2, -0.15) is 0 Å². The minimum atomic E-state index is -0.376. The Morgan fingerprint density at radius 2 is 1.70 bits per heavy atom. The molecule has 1 fully saturated rings. The Morgan fingerprint density at radius 1 is 1.10 bits per heavy atom. The van der Waals surface area contributed by atoms with Gasteiger partial charge in [-0.05, 0) is 31.0 Å². The fourth-order valence-corrected chi connectivity index (χ4v) is 3.31. The summed E-state index contributed by atoms with van der Waals surface area (Å²) in [6.45, 7) is 9.01. The number of nitrogens with zero attached hydrogens (tertiary/aromatic N) is 2. The normalized spacial score (nSPS) is 19.1. The lowest BCUT2D eigenvalue weighted by molar-refractivity contribution is 0.102. The van der Waals surface area contributed by atoms with Crippen LogP contribution in [0, 0.1) is 0 Å². The molecule has 1 heterocycles. The van der Waals surface area contributed by atoms with Crippen LogP contribution in [0.15, 0.2) is 28.7 Å². The maximum absolute atomic E-state index is 10.3. The second-order valence-electron chi connectivity index (χ2n) is 5.51. The van der Waals surface area contributed by atoms with E-state index in [1.54, 1.807) is 0 Å². The van der Waals surface area contributed by atoms with Crippen molar-refractivity contribution in [1.29, 1.82) is 0 Å². The zero-order chi connectivity index (χ0) is 14.4. The van der Waals surface area contributed by atoms with Gasteiger partial charge in [0.05, 0.1) is 6.10 Å². The molecular weight excluding hydrogens is 316 g/mol. The van der Waals surface area contributed by atoms with Gasteiger partial charge in [0.1, 0.15) is 0 Å². The summed E-state index contributed by atoms with van der Waals surface area (Å²) in [5, 5.41) is 10.3. The third-order valence-electron chi connectivity index (χ3n) is 3.99. The first-order valence-corrected chi connectivity index (χ1v) is 8.37. The lowest BCUT2D eigenvalue weighted by Gasteiger charge is -2.34. The molecule has 0 spiro atoms. The van der Waals surface area contributed by atoms with Gasteiger partial charge in [0.2, 0.25) is 0 Å². The Bertz CT molecular complexity index is 405. The third-order valence-corrected chi connectivity index (χ3v) is 4.71. The van der Waals surface area contributed by atoms with Gasteiger partial charge in [0.15, 0.2) is 0 Å². The van der Waals surface area contributed by atoms with Crippen molar-refractivity contribution in [3.05, 3.63) is 34.3 Å². The van der Waals surface area contributed by atoms with Gasteiger partial charge in [-0.15, -0.1) is 0 Å². The average molecular weight is 341 g/mol. The molecule has 0 aromatic heterocycles. The molecule has 1 unspecified atom stereocenters. The third kappa shape index (κ3) is 4.55. The second-order valence-corrected chi connectivity index (χ2v) is 6.36. The van der Waals surface area contributed by atoms with Crippen molar-refractivity contribution in [2.24, 2.45) is 0 Å². The lowest BCUT2D eigenvalue weighted by Crippen LogP contribution is -2.46. The van der Waals surface area contributed by atoms with Crippen LogP contribution in [0.3, 0.4) is 0 Å². The molecule has 1 N–H and O–H groups in total. The van der Waals surface area contributed by atoms with Crippen molar-refractivity contribution in [2.45, 2.75) is 25.9 Å². The predicted molar refractivity (Wildman–Crippen MR) is 86.9 cm³/mol. The number of hydrogen-bond acceptors (Lipinski definition) is 3. The van der Waals surface area contributed by atoms with Crippen molar-refractivity contribution >= 4 is 15.9 Å². The highest BCUT2D eigenvalue weighted by atomic mass is 79.9. The molecule has 20 heavy (non-hydrogen) atoms. The molecule has 112 valence electrons. The van der Waals surface area contributed by atoms with Crippen LogP contribution in [0.1, 0.15) is 31.4 Å². The standard InChI is InChI=1S/C16H25BrN2O/c1-2-8-18-10-12-19(13-11-18)9-7-16(20)14-5-3-4-6-15(14)17/h3-6,16,20H,2,7-13H2,1H3. The van der Waals surface area contributed by atoms with Crippen LogP contribution in [0.2, 0.25) is 0 Å². The van der Waals surface area contributed by atoms with E-state index in [2.05, 4.69) is 32.7 Å². The summed E-state index contributed by atoms with van der Waals surface area (Å²) in [4.78, 5) is 4.99. The Labute approximate surface area is 130 Å². The quantitative estimate of drug-likeness (QED) is 0.862. The highest BCUT2D eigenvalue weighted by Gasteiger charge is 2.18. The van der Waals surface area contributed by atoms with Crippen LogP contribution >= 0.6 is 15.9 Å². The van der Waals surface area contributed by atoms with Crippen LogP contribution in [0.4, 0.5) is 0 Å². The van der Waals surface area contributed by atoms with E-state index >= 15 is 0 Å². The first-order valence-electron chi connectivity index (χ1n) is 7.58. The van der Waals surface area contributed by atoms with Crippen LogP contribution in [-0.2, 0) is 0 Å². The number of aliphatic hydroxyl groups excluding tert-OH is 1. The van der Waals surface area contributed by atoms with E-state index in [1.165, 1.54) is 26.1 Å². The summed E-state index contributed by atoms with van der Waals surface area (Å²) < 4.78 is 1.00. The molecule has 0 bridgehead atoms. The van der Waals surface area contributed by atoms with E-state index in [9.17, 15) is 5.11 Å². The summed E-state index contributed by atoms with van der Waals surface area (Å²) in [6, 6.07) is 7.94. The van der Waals surface area contributed by atoms with Crippen molar-refractivity contribution in [1.82, 2.24) is 9.80 Å². The van der Waals surface area contributed by atoms with E-state index in [4.69, 9.17) is 0 Å². The lowest BCUT2D eigenvalue weighted by atomic mass is 10.1. The molecule has 4 heteroatoms. The van der Waals surface area contributed by atoms with E-state index in [0.717, 1.165) is 36.1 Å². The summed E-state index contributed by atoms with van der Waals surface area (Å²) in [5.74, 6) is 0. The molecule has 1 aromatic rings. The van der Waals surface area contributed by atoms with Gasteiger partial charge in [-0.3, -0.25) is 0 Å². The van der Waals surface area contributed by atoms with E-state index in [0.29, 0.717) is 0 Å². The van der Waals surface area contributed by atoms with Gasteiger partial charge < -0.3 is 14.9 Å². The fourth-order valence-electron chi connectivity index (χ4n) is 2.76. The SMILES string of the molecule is CCCN1CCN(CCC(O)c2ccccc2Br)CC1. The van der Waals surface area contributed by atoms with Crippen LogP contribution in [-0.4, -0.2) is 54.2 Å². The molecule has 2 rings (SSSR count). The molecule has 1 aliphatic rings. The van der Waals surface area contributed by atoms with Crippen molar-refractivity contribution in [2.75, 3.05) is 39.3 Å². The number of rotatable bonds is 6.